The van der Waals surface area contributed by atoms with Crippen LogP contribution in [0.3, 0.4) is 0 Å². The van der Waals surface area contributed by atoms with Gasteiger partial charge in [-0.15, -0.1) is 0 Å². The molecule has 0 saturated heterocycles. The molecule has 0 aliphatic rings. The summed E-state index contributed by atoms with van der Waals surface area (Å²) >= 11 is 0. The van der Waals surface area contributed by atoms with Crippen LogP contribution in [0.2, 0.25) is 0 Å². The molecule has 0 radical (unpaired) electrons. The molecule has 0 unspecified atom stereocenters. The summed E-state index contributed by atoms with van der Waals surface area (Å²) in [5.74, 6) is 0. The first-order chi connectivity index (χ1) is 43.1. The fraction of sp³-hybridized carbons (Fsp3) is 0.533. The maximum Gasteiger partial charge on any atom is 0.194 e. The molecule has 7 heteroatoms. The van der Waals surface area contributed by atoms with Gasteiger partial charge in [0, 0.05) is 21.1 Å². The zero-order chi connectivity index (χ0) is 75.4. The van der Waals surface area contributed by atoms with Gasteiger partial charge in [-0.05, 0) is 132 Å². The average Bonchev–Trinajstić information content (AvgIpc) is 0.840. The molecule has 6 nitrogen and oxygen atoms in total. The van der Waals surface area contributed by atoms with E-state index < -0.39 is 0 Å². The molecule has 0 heterocycles. The van der Waals surface area contributed by atoms with Gasteiger partial charge in [0.2, 0.25) is 0 Å². The van der Waals surface area contributed by atoms with E-state index in [9.17, 15) is 0 Å². The first kappa shape index (κ1) is 89.9. The van der Waals surface area contributed by atoms with Gasteiger partial charge in [-0.25, -0.2) is 29.1 Å². The summed E-state index contributed by atoms with van der Waals surface area (Å²) in [4.78, 5) is 22.5. The van der Waals surface area contributed by atoms with Gasteiger partial charge < -0.3 is 0 Å². The van der Waals surface area contributed by atoms with E-state index in [4.69, 9.17) is 39.4 Å². The van der Waals surface area contributed by atoms with Gasteiger partial charge in [-0.1, -0.05) is 358 Å². The van der Waals surface area contributed by atoms with Crippen LogP contribution in [-0.4, -0.2) is 0 Å². The van der Waals surface area contributed by atoms with Crippen LogP contribution in [0.4, 0.5) is 34.1 Å². The molecule has 0 bridgehead atoms. The Balaban J connectivity index is 0.00000114. The third-order valence-corrected chi connectivity index (χ3v) is 16.6. The Labute approximate surface area is 609 Å². The standard InChI is InChI=1S/6C15H21N.W/c6*1-14(2,3)11-9-8-10-12(13(11)16-7)15(4,5)6;/h6*8-10H,1-6H3;. The molecule has 0 aliphatic heterocycles. The fourth-order valence-electron chi connectivity index (χ4n) is 11.2. The van der Waals surface area contributed by atoms with Gasteiger partial charge in [0.1, 0.15) is 0 Å². The number of para-hydroxylation sites is 6. The smallest absolute Gasteiger partial charge is 0.194 e. The predicted octanol–water partition coefficient (Wildman–Crippen LogP) is 29.0. The second-order valence-electron chi connectivity index (χ2n) is 37.9. The van der Waals surface area contributed by atoms with Crippen molar-refractivity contribution in [3.05, 3.63) is 244 Å². The first-order valence-corrected chi connectivity index (χ1v) is 34.1. The minimum absolute atomic E-state index is 0. The topological polar surface area (TPSA) is 26.2 Å². The average molecular weight is 1480 g/mol. The molecule has 0 aromatic heterocycles. The maximum atomic E-state index is 7.41. The predicted molar refractivity (Wildman–Crippen MR) is 421 cm³/mol. The molecule has 0 saturated carbocycles. The Bertz CT molecular complexity index is 3010. The Kier molecular flexibility index (Phi) is 31.2. The van der Waals surface area contributed by atoms with Gasteiger partial charge in [0.15, 0.2) is 34.1 Å². The number of nitrogens with zero attached hydrogens (tertiary/aromatic N) is 6. The zero-order valence-corrected chi connectivity index (χ0v) is 70.4. The fourth-order valence-corrected chi connectivity index (χ4v) is 11.2. The Hall–Kier alpha value is -7.05. The Morgan fingerprint density at radius 1 is 0.155 bits per heavy atom. The van der Waals surface area contributed by atoms with Crippen molar-refractivity contribution in [1.82, 2.24) is 0 Å². The van der Waals surface area contributed by atoms with Crippen molar-refractivity contribution in [3.63, 3.8) is 0 Å². The second kappa shape index (κ2) is 33.7. The molecule has 0 spiro atoms. The molecule has 97 heavy (non-hydrogen) atoms. The van der Waals surface area contributed by atoms with Crippen LogP contribution in [0.1, 0.15) is 316 Å². The summed E-state index contributed by atoms with van der Waals surface area (Å²) in [7, 11) is 0. The van der Waals surface area contributed by atoms with Crippen molar-refractivity contribution in [2.75, 3.05) is 0 Å². The monoisotopic (exact) mass is 1470 g/mol. The molecular formula is C90H126N6W. The SMILES string of the molecule is [C-]#[N+]c1c(C(C)(C)C)cccc1C(C)(C)C.[C-]#[N+]c1c(C(C)(C)C)cccc1C(C)(C)C.[C-]#[N+]c1c(C(C)(C)C)cccc1C(C)(C)C.[C-]#[N+]c1c(C(C)(C)C)cccc1C(C)(C)C.[C-]#[N+]c1c(C(C)(C)C)cccc1C(C)(C)C.[C-]#[N+]c1c(C(C)(C)C)cccc1C(C)(C)C.[W]. The van der Waals surface area contributed by atoms with Crippen molar-refractivity contribution in [1.29, 1.82) is 0 Å². The minimum atomic E-state index is 0. The van der Waals surface area contributed by atoms with E-state index in [0.717, 1.165) is 101 Å². The van der Waals surface area contributed by atoms with Crippen molar-refractivity contribution in [3.8, 4) is 0 Å². The van der Waals surface area contributed by atoms with Crippen molar-refractivity contribution in [2.45, 2.75) is 314 Å². The molecule has 6 rings (SSSR count). The van der Waals surface area contributed by atoms with E-state index in [1.807, 2.05) is 0 Å². The molecule has 6 aromatic rings. The van der Waals surface area contributed by atoms with Gasteiger partial charge in [0.05, 0.1) is 39.4 Å². The number of hydrogen-bond acceptors (Lipinski definition) is 0. The van der Waals surface area contributed by atoms with Gasteiger partial charge >= 0.3 is 0 Å². The Morgan fingerprint density at radius 2 is 0.216 bits per heavy atom. The Morgan fingerprint density at radius 3 is 0.258 bits per heavy atom. The molecule has 0 amide bonds. The van der Waals surface area contributed by atoms with Gasteiger partial charge in [0.25, 0.3) is 0 Å². The van der Waals surface area contributed by atoms with Crippen LogP contribution in [0.15, 0.2) is 109 Å². The normalized spacial score (nSPS) is 12.2. The molecular weight excluding hydrogens is 1350 g/mol. The minimum Gasteiger partial charge on any atom is -0.238 e. The van der Waals surface area contributed by atoms with Gasteiger partial charge in [-0.3, -0.25) is 0 Å². The van der Waals surface area contributed by atoms with Crippen molar-refractivity contribution < 1.29 is 21.1 Å². The second-order valence-corrected chi connectivity index (χ2v) is 37.9. The van der Waals surface area contributed by atoms with E-state index in [1.54, 1.807) is 0 Å². The van der Waals surface area contributed by atoms with Crippen LogP contribution in [-0.2, 0) is 86.0 Å². The molecule has 0 aliphatic carbocycles. The zero-order valence-electron chi connectivity index (χ0n) is 67.5. The summed E-state index contributed by atoms with van der Waals surface area (Å²) in [6.07, 6.45) is 0. The summed E-state index contributed by atoms with van der Waals surface area (Å²) in [6.45, 7) is 122. The summed E-state index contributed by atoms with van der Waals surface area (Å²) in [6, 6.07) is 37.3. The van der Waals surface area contributed by atoms with E-state index in [1.165, 1.54) is 0 Å². The summed E-state index contributed by atoms with van der Waals surface area (Å²) in [5, 5.41) is 0. The molecule has 0 N–H and O–H groups in total. The maximum absolute atomic E-state index is 7.41. The van der Waals surface area contributed by atoms with Crippen molar-refractivity contribution in [2.24, 2.45) is 0 Å². The first-order valence-electron chi connectivity index (χ1n) is 34.1. The van der Waals surface area contributed by atoms with E-state index in [0.29, 0.717) is 0 Å². The van der Waals surface area contributed by atoms with Crippen LogP contribution in [0, 0.1) is 39.4 Å². The third kappa shape index (κ3) is 26.0. The molecule has 0 atom stereocenters. The van der Waals surface area contributed by atoms with Crippen molar-refractivity contribution >= 4 is 34.1 Å². The molecule has 522 valence electrons. The molecule has 0 fully saturated rings. The summed E-state index contributed by atoms with van der Waals surface area (Å²) < 4.78 is 0. The van der Waals surface area contributed by atoms with Gasteiger partial charge in [-0.2, -0.15) is 0 Å². The van der Waals surface area contributed by atoms with E-state index in [-0.39, 0.29) is 86.0 Å². The quantitative estimate of drug-likeness (QED) is 0.136. The van der Waals surface area contributed by atoms with E-state index in [2.05, 4.69) is 388 Å². The van der Waals surface area contributed by atoms with E-state index >= 15 is 0 Å². The van der Waals surface area contributed by atoms with Crippen LogP contribution < -0.4 is 0 Å². The summed E-state index contributed by atoms with van der Waals surface area (Å²) in [5.41, 5.74) is 19.1. The van der Waals surface area contributed by atoms with Crippen LogP contribution in [0.25, 0.3) is 29.1 Å². The number of hydrogen-bond donors (Lipinski definition) is 0. The molecule has 6 aromatic carbocycles. The third-order valence-electron chi connectivity index (χ3n) is 16.6. The number of benzene rings is 6. The largest absolute Gasteiger partial charge is 0.238 e. The number of rotatable bonds is 0. The van der Waals surface area contributed by atoms with Crippen LogP contribution in [0.5, 0.6) is 0 Å². The van der Waals surface area contributed by atoms with Crippen LogP contribution >= 0.6 is 0 Å².